The molecule has 4 aromatic rings. The van der Waals surface area contributed by atoms with E-state index in [4.69, 9.17) is 28.2 Å². The van der Waals surface area contributed by atoms with E-state index in [1.165, 1.54) is 11.8 Å². The molecule has 10 heteroatoms. The SMILES string of the molecule is CC1CN(c2cc(Cl)nc(SCC(=O)NC(c3ccccc3)c3ccccc3)n2)CCN1C(=O)c1ccc(Cl)cc1. The fourth-order valence-corrected chi connectivity index (χ4v) is 5.84. The second kappa shape index (κ2) is 13.4. The van der Waals surface area contributed by atoms with Crippen molar-refractivity contribution >= 4 is 52.6 Å². The zero-order valence-electron chi connectivity index (χ0n) is 22.4. The first kappa shape index (κ1) is 28.9. The van der Waals surface area contributed by atoms with Crippen molar-refractivity contribution in [1.82, 2.24) is 20.2 Å². The number of piperazine rings is 1. The normalized spacial score (nSPS) is 15.2. The molecule has 7 nitrogen and oxygen atoms in total. The van der Waals surface area contributed by atoms with Crippen LogP contribution in [0.4, 0.5) is 5.82 Å². The number of carbonyl (C=O) groups is 2. The van der Waals surface area contributed by atoms with Crippen LogP contribution in [0.5, 0.6) is 0 Å². The van der Waals surface area contributed by atoms with Crippen molar-refractivity contribution in [3.05, 3.63) is 118 Å². The van der Waals surface area contributed by atoms with Crippen LogP contribution in [-0.2, 0) is 4.79 Å². The summed E-state index contributed by atoms with van der Waals surface area (Å²) in [5, 5.41) is 4.47. The van der Waals surface area contributed by atoms with Crippen LogP contribution in [-0.4, -0.2) is 58.1 Å². The molecule has 2 heterocycles. The third-order valence-electron chi connectivity index (χ3n) is 6.87. The van der Waals surface area contributed by atoms with E-state index in [9.17, 15) is 9.59 Å². The highest BCUT2D eigenvalue weighted by Gasteiger charge is 2.29. The van der Waals surface area contributed by atoms with Gasteiger partial charge in [0, 0.05) is 42.3 Å². The van der Waals surface area contributed by atoms with Crippen molar-refractivity contribution in [1.29, 1.82) is 0 Å². The molecule has 0 spiro atoms. The smallest absolute Gasteiger partial charge is 0.254 e. The lowest BCUT2D eigenvalue weighted by Crippen LogP contribution is -2.54. The molecule has 0 bridgehead atoms. The van der Waals surface area contributed by atoms with Crippen molar-refractivity contribution in [3.63, 3.8) is 0 Å². The number of anilines is 1. The number of carbonyl (C=O) groups excluding carboxylic acids is 2. The fraction of sp³-hybridized carbons (Fsp3) is 0.226. The molecular formula is C31H29Cl2N5O2S. The average molecular weight is 607 g/mol. The molecule has 1 unspecified atom stereocenters. The van der Waals surface area contributed by atoms with Gasteiger partial charge in [0.25, 0.3) is 5.91 Å². The largest absolute Gasteiger partial charge is 0.353 e. The van der Waals surface area contributed by atoms with Gasteiger partial charge in [-0.1, -0.05) is 95.6 Å². The molecule has 0 radical (unpaired) electrons. The van der Waals surface area contributed by atoms with Crippen LogP contribution in [0.1, 0.15) is 34.5 Å². The van der Waals surface area contributed by atoms with Crippen LogP contribution in [0.15, 0.2) is 96.2 Å². The number of thioether (sulfide) groups is 1. The lowest BCUT2D eigenvalue weighted by molar-refractivity contribution is -0.119. The fourth-order valence-electron chi connectivity index (χ4n) is 4.82. The summed E-state index contributed by atoms with van der Waals surface area (Å²) in [4.78, 5) is 39.1. The first-order valence-electron chi connectivity index (χ1n) is 13.3. The summed E-state index contributed by atoms with van der Waals surface area (Å²) in [5.41, 5.74) is 2.61. The van der Waals surface area contributed by atoms with Crippen LogP contribution in [0, 0.1) is 0 Å². The van der Waals surface area contributed by atoms with E-state index in [-0.39, 0.29) is 29.7 Å². The molecule has 0 saturated carbocycles. The van der Waals surface area contributed by atoms with Crippen LogP contribution in [0.3, 0.4) is 0 Å². The Labute approximate surface area is 253 Å². The summed E-state index contributed by atoms with van der Waals surface area (Å²) in [7, 11) is 0. The molecule has 1 aliphatic rings. The summed E-state index contributed by atoms with van der Waals surface area (Å²) in [5.74, 6) is 0.641. The monoisotopic (exact) mass is 605 g/mol. The third kappa shape index (κ3) is 7.38. The topological polar surface area (TPSA) is 78.4 Å². The number of aromatic nitrogens is 2. The van der Waals surface area contributed by atoms with Gasteiger partial charge >= 0.3 is 0 Å². The molecule has 1 aliphatic heterocycles. The van der Waals surface area contributed by atoms with Gasteiger partial charge in [-0.05, 0) is 42.3 Å². The van der Waals surface area contributed by atoms with E-state index >= 15 is 0 Å². The number of benzene rings is 3. The Kier molecular flexibility index (Phi) is 9.44. The molecular weight excluding hydrogens is 577 g/mol. The number of rotatable bonds is 8. The van der Waals surface area contributed by atoms with E-state index in [0.717, 1.165) is 11.1 Å². The Hall–Kier alpha value is -3.59. The minimum atomic E-state index is -0.269. The number of halogens is 2. The summed E-state index contributed by atoms with van der Waals surface area (Å²) < 4.78 is 0. The number of hydrogen-bond acceptors (Lipinski definition) is 6. The lowest BCUT2D eigenvalue weighted by Gasteiger charge is -2.40. The van der Waals surface area contributed by atoms with E-state index in [0.29, 0.717) is 46.3 Å². The highest BCUT2D eigenvalue weighted by molar-refractivity contribution is 7.99. The predicted octanol–water partition coefficient (Wildman–Crippen LogP) is 6.13. The number of amides is 2. The van der Waals surface area contributed by atoms with E-state index in [1.807, 2.05) is 72.5 Å². The molecule has 2 amide bonds. The number of nitrogens with one attached hydrogen (secondary N) is 1. The van der Waals surface area contributed by atoms with Gasteiger partial charge in [0.2, 0.25) is 5.91 Å². The minimum Gasteiger partial charge on any atom is -0.353 e. The van der Waals surface area contributed by atoms with Gasteiger partial charge in [0.05, 0.1) is 11.8 Å². The Morgan fingerprint density at radius 1 is 0.927 bits per heavy atom. The molecule has 3 aromatic carbocycles. The highest BCUT2D eigenvalue weighted by Crippen LogP contribution is 2.26. The first-order chi connectivity index (χ1) is 19.9. The number of nitrogens with zero attached hydrogens (tertiary/aromatic N) is 4. The van der Waals surface area contributed by atoms with Crippen molar-refractivity contribution in [3.8, 4) is 0 Å². The second-order valence-corrected chi connectivity index (χ2v) is 11.5. The van der Waals surface area contributed by atoms with E-state index in [2.05, 4.69) is 15.2 Å². The molecule has 1 N–H and O–H groups in total. The Balaban J connectivity index is 1.22. The summed E-state index contributed by atoms with van der Waals surface area (Å²) in [6.45, 7) is 3.73. The summed E-state index contributed by atoms with van der Waals surface area (Å²) in [6, 6.07) is 28.1. The maximum absolute atomic E-state index is 13.1. The third-order valence-corrected chi connectivity index (χ3v) is 8.16. The number of hydrogen-bond donors (Lipinski definition) is 1. The Morgan fingerprint density at radius 2 is 1.56 bits per heavy atom. The van der Waals surface area contributed by atoms with Crippen LogP contribution in [0.2, 0.25) is 10.2 Å². The maximum atomic E-state index is 13.1. The molecule has 210 valence electrons. The molecule has 0 aliphatic carbocycles. The molecule has 1 aromatic heterocycles. The van der Waals surface area contributed by atoms with Crippen molar-refractivity contribution < 1.29 is 9.59 Å². The molecule has 1 atom stereocenters. The molecule has 5 rings (SSSR count). The zero-order chi connectivity index (χ0) is 28.8. The highest BCUT2D eigenvalue weighted by atomic mass is 35.5. The maximum Gasteiger partial charge on any atom is 0.254 e. The lowest BCUT2D eigenvalue weighted by atomic mass is 9.99. The van der Waals surface area contributed by atoms with E-state index < -0.39 is 0 Å². The average Bonchev–Trinajstić information content (AvgIpc) is 2.99. The molecule has 1 saturated heterocycles. The minimum absolute atomic E-state index is 0.0268. The van der Waals surface area contributed by atoms with Crippen molar-refractivity contribution in [2.75, 3.05) is 30.3 Å². The summed E-state index contributed by atoms with van der Waals surface area (Å²) >= 11 is 13.6. The molecule has 1 fully saturated rings. The van der Waals surface area contributed by atoms with E-state index in [1.54, 1.807) is 30.3 Å². The van der Waals surface area contributed by atoms with Crippen molar-refractivity contribution in [2.45, 2.75) is 24.2 Å². The van der Waals surface area contributed by atoms with Gasteiger partial charge in [0.1, 0.15) is 11.0 Å². The molecule has 41 heavy (non-hydrogen) atoms. The van der Waals surface area contributed by atoms with Gasteiger partial charge in [-0.2, -0.15) is 0 Å². The van der Waals surface area contributed by atoms with Gasteiger partial charge in [0.15, 0.2) is 5.16 Å². The Morgan fingerprint density at radius 3 is 2.17 bits per heavy atom. The predicted molar refractivity (Wildman–Crippen MR) is 165 cm³/mol. The Bertz CT molecular complexity index is 1450. The van der Waals surface area contributed by atoms with Gasteiger partial charge in [-0.15, -0.1) is 0 Å². The van der Waals surface area contributed by atoms with Gasteiger partial charge in [-0.25, -0.2) is 9.97 Å². The van der Waals surface area contributed by atoms with Gasteiger partial charge in [-0.3, -0.25) is 9.59 Å². The van der Waals surface area contributed by atoms with Crippen LogP contribution < -0.4 is 10.2 Å². The van der Waals surface area contributed by atoms with Crippen molar-refractivity contribution in [2.24, 2.45) is 0 Å². The first-order valence-corrected chi connectivity index (χ1v) is 15.0. The standard InChI is InChI=1S/C31H29Cl2N5O2S/c1-21-19-37(16-17-38(21)30(40)24-12-14-25(32)15-13-24)27-18-26(33)34-31(35-27)41-20-28(39)36-29(22-8-4-2-5-9-22)23-10-6-3-7-11-23/h2-15,18,21,29H,16-17,19-20H2,1H3,(H,36,39). The summed E-state index contributed by atoms with van der Waals surface area (Å²) in [6.07, 6.45) is 0. The second-order valence-electron chi connectivity index (χ2n) is 9.74. The quantitative estimate of drug-likeness (QED) is 0.148. The van der Waals surface area contributed by atoms with Crippen LogP contribution in [0.25, 0.3) is 0 Å². The van der Waals surface area contributed by atoms with Crippen LogP contribution >= 0.6 is 35.0 Å². The van der Waals surface area contributed by atoms with Gasteiger partial charge < -0.3 is 15.1 Å². The zero-order valence-corrected chi connectivity index (χ0v) is 24.7.